The van der Waals surface area contributed by atoms with Gasteiger partial charge in [0, 0.05) is 5.57 Å². The molecular weight excluding hydrogens is 158 g/mol. The summed E-state index contributed by atoms with van der Waals surface area (Å²) in [6, 6.07) is 0. The second kappa shape index (κ2) is 3.38. The van der Waals surface area contributed by atoms with Crippen LogP contribution in [0.15, 0.2) is 11.6 Å². The molecule has 0 saturated heterocycles. The van der Waals surface area contributed by atoms with Crippen molar-refractivity contribution in [2.45, 2.75) is 19.3 Å². The SMILES string of the molecule is NC(=O)C1=CCCCC1C(=O)O. The number of amides is 1. The lowest BCUT2D eigenvalue weighted by Crippen LogP contribution is -2.27. The molecule has 1 atom stereocenters. The zero-order valence-corrected chi connectivity index (χ0v) is 6.62. The van der Waals surface area contributed by atoms with Gasteiger partial charge in [-0.3, -0.25) is 9.59 Å². The summed E-state index contributed by atoms with van der Waals surface area (Å²) in [5, 5.41) is 8.71. The third-order valence-corrected chi connectivity index (χ3v) is 2.02. The van der Waals surface area contributed by atoms with Crippen molar-refractivity contribution in [3.05, 3.63) is 11.6 Å². The third-order valence-electron chi connectivity index (χ3n) is 2.02. The van der Waals surface area contributed by atoms with E-state index in [9.17, 15) is 9.59 Å². The minimum absolute atomic E-state index is 0.258. The van der Waals surface area contributed by atoms with E-state index < -0.39 is 17.8 Å². The van der Waals surface area contributed by atoms with Crippen molar-refractivity contribution in [2.24, 2.45) is 11.7 Å². The van der Waals surface area contributed by atoms with E-state index in [2.05, 4.69) is 0 Å². The first-order chi connectivity index (χ1) is 5.63. The van der Waals surface area contributed by atoms with E-state index in [1.807, 2.05) is 0 Å². The molecule has 0 saturated carbocycles. The Morgan fingerprint density at radius 3 is 2.67 bits per heavy atom. The molecule has 1 amide bonds. The first-order valence-corrected chi connectivity index (χ1v) is 3.85. The maximum Gasteiger partial charge on any atom is 0.311 e. The average Bonchev–Trinajstić information content (AvgIpc) is 2.04. The normalized spacial score (nSPS) is 23.0. The van der Waals surface area contributed by atoms with Crippen LogP contribution in [0.3, 0.4) is 0 Å². The molecule has 12 heavy (non-hydrogen) atoms. The highest BCUT2D eigenvalue weighted by molar-refractivity contribution is 5.97. The van der Waals surface area contributed by atoms with Crippen molar-refractivity contribution in [1.82, 2.24) is 0 Å². The second-order valence-electron chi connectivity index (χ2n) is 2.85. The van der Waals surface area contributed by atoms with Gasteiger partial charge >= 0.3 is 5.97 Å². The van der Waals surface area contributed by atoms with Crippen molar-refractivity contribution in [3.8, 4) is 0 Å². The molecule has 0 spiro atoms. The minimum Gasteiger partial charge on any atom is -0.481 e. The van der Waals surface area contributed by atoms with Crippen molar-refractivity contribution >= 4 is 11.9 Å². The zero-order valence-electron chi connectivity index (χ0n) is 6.62. The molecule has 4 heteroatoms. The number of carbonyl (C=O) groups is 2. The monoisotopic (exact) mass is 169 g/mol. The third kappa shape index (κ3) is 1.64. The minimum atomic E-state index is -0.959. The molecule has 4 nitrogen and oxygen atoms in total. The second-order valence-corrected chi connectivity index (χ2v) is 2.85. The fraction of sp³-hybridized carbons (Fsp3) is 0.500. The smallest absolute Gasteiger partial charge is 0.311 e. The Morgan fingerprint density at radius 2 is 2.25 bits per heavy atom. The van der Waals surface area contributed by atoms with Crippen LogP contribution in [-0.2, 0) is 9.59 Å². The lowest BCUT2D eigenvalue weighted by atomic mass is 9.87. The number of nitrogens with two attached hydrogens (primary N) is 1. The molecule has 0 bridgehead atoms. The summed E-state index contributed by atoms with van der Waals surface area (Å²) in [6.45, 7) is 0. The van der Waals surface area contributed by atoms with Crippen LogP contribution in [0.2, 0.25) is 0 Å². The van der Waals surface area contributed by atoms with E-state index >= 15 is 0 Å². The topological polar surface area (TPSA) is 80.4 Å². The molecule has 1 rings (SSSR count). The first-order valence-electron chi connectivity index (χ1n) is 3.85. The maximum atomic E-state index is 10.8. The van der Waals surface area contributed by atoms with Gasteiger partial charge in [0.25, 0.3) is 0 Å². The van der Waals surface area contributed by atoms with Gasteiger partial charge < -0.3 is 10.8 Å². The van der Waals surface area contributed by atoms with Gasteiger partial charge in [0.05, 0.1) is 5.92 Å². The molecule has 0 radical (unpaired) electrons. The molecule has 0 aromatic carbocycles. The molecular formula is C8H11NO3. The number of carboxylic acid groups (broad SMARTS) is 1. The number of primary amides is 1. The summed E-state index contributed by atoms with van der Waals surface area (Å²) in [5.41, 5.74) is 5.28. The number of carboxylic acids is 1. The van der Waals surface area contributed by atoms with Crippen LogP contribution in [0.4, 0.5) is 0 Å². The molecule has 0 fully saturated rings. The molecule has 0 heterocycles. The van der Waals surface area contributed by atoms with E-state index in [1.54, 1.807) is 6.08 Å². The molecule has 1 unspecified atom stereocenters. The number of allylic oxidation sites excluding steroid dienone is 1. The van der Waals surface area contributed by atoms with E-state index in [0.29, 0.717) is 6.42 Å². The Bertz CT molecular complexity index is 245. The number of hydrogen-bond acceptors (Lipinski definition) is 2. The Balaban J connectivity index is 2.85. The van der Waals surface area contributed by atoms with Crippen molar-refractivity contribution in [3.63, 3.8) is 0 Å². The summed E-state index contributed by atoms with van der Waals surface area (Å²) in [4.78, 5) is 21.4. The largest absolute Gasteiger partial charge is 0.481 e. The van der Waals surface area contributed by atoms with E-state index in [4.69, 9.17) is 10.8 Å². The predicted molar refractivity (Wildman–Crippen MR) is 42.3 cm³/mol. The van der Waals surface area contributed by atoms with Gasteiger partial charge in [-0.05, 0) is 19.3 Å². The average molecular weight is 169 g/mol. The van der Waals surface area contributed by atoms with Crippen molar-refractivity contribution in [2.75, 3.05) is 0 Å². The standard InChI is InChI=1S/C8H11NO3/c9-7(10)5-3-1-2-4-6(5)8(11)12/h3,6H,1-2,4H2,(H2,9,10)(H,11,12). The summed E-state index contributed by atoms with van der Waals surface area (Å²) in [7, 11) is 0. The van der Waals surface area contributed by atoms with Crippen LogP contribution < -0.4 is 5.73 Å². The van der Waals surface area contributed by atoms with Gasteiger partial charge in [-0.25, -0.2) is 0 Å². The van der Waals surface area contributed by atoms with E-state index in [0.717, 1.165) is 12.8 Å². The molecule has 66 valence electrons. The van der Waals surface area contributed by atoms with Crippen LogP contribution >= 0.6 is 0 Å². The predicted octanol–water partition coefficient (Wildman–Crippen LogP) is 0.283. The summed E-state index contributed by atoms with van der Waals surface area (Å²) in [5.74, 6) is -2.25. The first kappa shape index (κ1) is 8.77. The van der Waals surface area contributed by atoms with Crippen LogP contribution in [0.5, 0.6) is 0 Å². The number of rotatable bonds is 2. The number of carbonyl (C=O) groups excluding carboxylic acids is 1. The summed E-state index contributed by atoms with van der Waals surface area (Å²) >= 11 is 0. The highest BCUT2D eigenvalue weighted by Gasteiger charge is 2.27. The van der Waals surface area contributed by atoms with Gasteiger partial charge in [0.1, 0.15) is 0 Å². The Kier molecular flexibility index (Phi) is 2.47. The van der Waals surface area contributed by atoms with Gasteiger partial charge in [-0.15, -0.1) is 0 Å². The van der Waals surface area contributed by atoms with Crippen molar-refractivity contribution in [1.29, 1.82) is 0 Å². The molecule has 1 aliphatic rings. The zero-order chi connectivity index (χ0) is 9.14. The lowest BCUT2D eigenvalue weighted by molar-refractivity contribution is -0.141. The van der Waals surface area contributed by atoms with Gasteiger partial charge in [0.15, 0.2) is 0 Å². The van der Waals surface area contributed by atoms with Crippen molar-refractivity contribution < 1.29 is 14.7 Å². The number of aliphatic carboxylic acids is 1. The Morgan fingerprint density at radius 1 is 1.58 bits per heavy atom. The Hall–Kier alpha value is -1.32. The fourth-order valence-corrected chi connectivity index (χ4v) is 1.41. The van der Waals surface area contributed by atoms with E-state index in [1.165, 1.54) is 0 Å². The molecule has 1 aliphatic carbocycles. The highest BCUT2D eigenvalue weighted by atomic mass is 16.4. The van der Waals surface area contributed by atoms with Crippen LogP contribution in [-0.4, -0.2) is 17.0 Å². The summed E-state index contributed by atoms with van der Waals surface area (Å²) in [6.07, 6.45) is 3.71. The molecule has 0 aromatic heterocycles. The van der Waals surface area contributed by atoms with Crippen LogP contribution in [0.1, 0.15) is 19.3 Å². The number of hydrogen-bond donors (Lipinski definition) is 2. The van der Waals surface area contributed by atoms with Gasteiger partial charge in [0.2, 0.25) is 5.91 Å². The fourth-order valence-electron chi connectivity index (χ4n) is 1.41. The van der Waals surface area contributed by atoms with E-state index in [-0.39, 0.29) is 5.57 Å². The van der Waals surface area contributed by atoms with Gasteiger partial charge in [-0.1, -0.05) is 6.08 Å². The van der Waals surface area contributed by atoms with Crippen LogP contribution in [0.25, 0.3) is 0 Å². The van der Waals surface area contributed by atoms with Gasteiger partial charge in [-0.2, -0.15) is 0 Å². The van der Waals surface area contributed by atoms with Crippen LogP contribution in [0, 0.1) is 5.92 Å². The molecule has 0 aliphatic heterocycles. The molecule has 0 aromatic rings. The summed E-state index contributed by atoms with van der Waals surface area (Å²) < 4.78 is 0. The lowest BCUT2D eigenvalue weighted by Gasteiger charge is -2.17. The quantitative estimate of drug-likeness (QED) is 0.623. The molecule has 3 N–H and O–H groups in total. The Labute approximate surface area is 70.1 Å². The maximum absolute atomic E-state index is 10.8. The highest BCUT2D eigenvalue weighted by Crippen LogP contribution is 2.24.